The van der Waals surface area contributed by atoms with Crippen molar-refractivity contribution >= 4 is 50.3 Å². The highest BCUT2D eigenvalue weighted by molar-refractivity contribution is 7.90. The molecule has 2 aliphatic heterocycles. The van der Waals surface area contributed by atoms with Gasteiger partial charge in [-0.2, -0.15) is 8.42 Å². The predicted octanol–water partition coefficient (Wildman–Crippen LogP) is 2.51. The number of para-hydroxylation sites is 2. The van der Waals surface area contributed by atoms with Crippen LogP contribution in [0.5, 0.6) is 0 Å². The third kappa shape index (κ3) is 3.40. The van der Waals surface area contributed by atoms with Crippen molar-refractivity contribution in [2.24, 2.45) is 10.3 Å². The van der Waals surface area contributed by atoms with Crippen LogP contribution in [0.25, 0.3) is 0 Å². The molecule has 2 aromatic carbocycles. The van der Waals surface area contributed by atoms with E-state index in [9.17, 15) is 18.0 Å². The second-order valence-electron chi connectivity index (χ2n) is 7.25. The number of amidine groups is 1. The van der Waals surface area contributed by atoms with Gasteiger partial charge >= 0.3 is 0 Å². The molecule has 0 aliphatic carbocycles. The van der Waals surface area contributed by atoms with Crippen molar-refractivity contribution in [3.63, 3.8) is 0 Å². The van der Waals surface area contributed by atoms with Crippen molar-refractivity contribution in [3.05, 3.63) is 70.2 Å². The van der Waals surface area contributed by atoms with Crippen LogP contribution in [0.2, 0.25) is 0 Å². The molecule has 1 amide bonds. The smallest absolute Gasteiger partial charge is 0.286 e. The van der Waals surface area contributed by atoms with Crippen molar-refractivity contribution in [2.75, 3.05) is 10.3 Å². The molecule has 0 fully saturated rings. The standard InChI is InChI=1S/C21H17N5O4S2/c1-12-23-13(11-31-12)10-22-26-16-8-4-2-6-14(16)19(27)18(21(26)28)20-24-15-7-3-5-9-17(15)32(29,30)25-20/h2-9,11,18,22H,10H2,1H3,(H,24,25). The fourth-order valence-corrected chi connectivity index (χ4v) is 5.47. The topological polar surface area (TPSA) is 121 Å². The van der Waals surface area contributed by atoms with E-state index in [1.54, 1.807) is 42.5 Å². The number of rotatable bonds is 4. The van der Waals surface area contributed by atoms with E-state index in [4.69, 9.17) is 0 Å². The lowest BCUT2D eigenvalue weighted by Gasteiger charge is -2.34. The maximum absolute atomic E-state index is 13.5. The Hall–Kier alpha value is -3.41. The molecule has 1 aromatic heterocycles. The van der Waals surface area contributed by atoms with Crippen molar-refractivity contribution in [3.8, 4) is 0 Å². The van der Waals surface area contributed by atoms with Gasteiger partial charge in [0, 0.05) is 10.9 Å². The SMILES string of the molecule is Cc1nc(CNN2C(=O)C(C3=NS(=O)(=O)c4ccccc4N3)C(=O)c3ccccc32)cs1. The summed E-state index contributed by atoms with van der Waals surface area (Å²) in [6.45, 7) is 2.14. The lowest BCUT2D eigenvalue weighted by molar-refractivity contribution is -0.120. The number of hydrazine groups is 1. The van der Waals surface area contributed by atoms with Crippen molar-refractivity contribution in [2.45, 2.75) is 18.4 Å². The summed E-state index contributed by atoms with van der Waals surface area (Å²) in [6, 6.07) is 12.9. The molecule has 0 spiro atoms. The number of nitrogens with one attached hydrogen (secondary N) is 2. The van der Waals surface area contributed by atoms with E-state index < -0.39 is 27.6 Å². The molecule has 2 N–H and O–H groups in total. The van der Waals surface area contributed by atoms with E-state index in [1.807, 2.05) is 12.3 Å². The zero-order valence-electron chi connectivity index (χ0n) is 16.8. The lowest BCUT2D eigenvalue weighted by Crippen LogP contribution is -2.55. The van der Waals surface area contributed by atoms with Gasteiger partial charge < -0.3 is 5.32 Å². The van der Waals surface area contributed by atoms with Crippen LogP contribution in [0.4, 0.5) is 11.4 Å². The Morgan fingerprint density at radius 3 is 2.66 bits per heavy atom. The lowest BCUT2D eigenvalue weighted by atomic mass is 9.90. The number of sulfonamides is 1. The summed E-state index contributed by atoms with van der Waals surface area (Å²) >= 11 is 1.49. The van der Waals surface area contributed by atoms with Gasteiger partial charge in [0.15, 0.2) is 11.7 Å². The fourth-order valence-electron chi connectivity index (χ4n) is 3.71. The minimum Gasteiger partial charge on any atom is -0.341 e. The monoisotopic (exact) mass is 467 g/mol. The first-order valence-corrected chi connectivity index (χ1v) is 12.0. The molecular weight excluding hydrogens is 450 g/mol. The highest BCUT2D eigenvalue weighted by Gasteiger charge is 2.45. The Kier molecular flexibility index (Phi) is 4.88. The van der Waals surface area contributed by atoms with Crippen LogP contribution < -0.4 is 15.8 Å². The molecule has 11 heteroatoms. The normalized spacial score (nSPS) is 19.1. The number of carbonyl (C=O) groups excluding carboxylic acids is 2. The van der Waals surface area contributed by atoms with E-state index in [2.05, 4.69) is 20.1 Å². The molecule has 9 nitrogen and oxygen atoms in total. The van der Waals surface area contributed by atoms with Gasteiger partial charge in [0.2, 0.25) is 0 Å². The minimum absolute atomic E-state index is 0.00580. The average molecular weight is 468 g/mol. The molecule has 0 saturated heterocycles. The number of carbonyl (C=O) groups is 2. The molecule has 3 heterocycles. The first kappa shape index (κ1) is 20.5. The average Bonchev–Trinajstić information content (AvgIpc) is 3.18. The fraction of sp³-hybridized carbons (Fsp3) is 0.143. The Labute approximate surface area is 187 Å². The van der Waals surface area contributed by atoms with Gasteiger partial charge in [-0.25, -0.2) is 15.4 Å². The third-order valence-corrected chi connectivity index (χ3v) is 7.32. The van der Waals surface area contributed by atoms with Crippen LogP contribution in [0, 0.1) is 12.8 Å². The van der Waals surface area contributed by atoms with Crippen LogP contribution in [0.1, 0.15) is 21.1 Å². The molecule has 0 bridgehead atoms. The quantitative estimate of drug-likeness (QED) is 0.566. The molecule has 162 valence electrons. The Morgan fingerprint density at radius 1 is 1.12 bits per heavy atom. The number of benzene rings is 2. The maximum Gasteiger partial charge on any atom is 0.286 e. The van der Waals surface area contributed by atoms with Crippen molar-refractivity contribution in [1.29, 1.82) is 0 Å². The second-order valence-corrected chi connectivity index (χ2v) is 9.89. The molecule has 1 unspecified atom stereocenters. The number of Topliss-reactive ketones (excluding diaryl/α,β-unsaturated/α-hetero) is 1. The number of amides is 1. The molecule has 3 aromatic rings. The van der Waals surface area contributed by atoms with E-state index in [0.717, 1.165) is 10.7 Å². The highest BCUT2D eigenvalue weighted by atomic mass is 32.2. The first-order chi connectivity index (χ1) is 15.3. The summed E-state index contributed by atoms with van der Waals surface area (Å²) in [6.07, 6.45) is 0. The van der Waals surface area contributed by atoms with E-state index in [1.165, 1.54) is 22.4 Å². The number of aryl methyl sites for hydroxylation is 1. The molecule has 1 atom stereocenters. The minimum atomic E-state index is -4.06. The third-order valence-electron chi connectivity index (χ3n) is 5.14. The molecule has 32 heavy (non-hydrogen) atoms. The van der Waals surface area contributed by atoms with Crippen molar-refractivity contribution in [1.82, 2.24) is 10.4 Å². The van der Waals surface area contributed by atoms with Gasteiger partial charge in [-0.05, 0) is 31.2 Å². The summed E-state index contributed by atoms with van der Waals surface area (Å²) in [5.74, 6) is -2.79. The largest absolute Gasteiger partial charge is 0.341 e. The highest BCUT2D eigenvalue weighted by Crippen LogP contribution is 2.34. The zero-order chi connectivity index (χ0) is 22.5. The van der Waals surface area contributed by atoms with Gasteiger partial charge in [0.1, 0.15) is 10.7 Å². The summed E-state index contributed by atoms with van der Waals surface area (Å²) in [7, 11) is -4.06. The van der Waals surface area contributed by atoms with Crippen LogP contribution in [-0.2, 0) is 21.4 Å². The number of aromatic nitrogens is 1. The Balaban J connectivity index is 1.54. The van der Waals surface area contributed by atoms with E-state index in [-0.39, 0.29) is 23.0 Å². The summed E-state index contributed by atoms with van der Waals surface area (Å²) in [5, 5.41) is 6.92. The van der Waals surface area contributed by atoms with Crippen LogP contribution in [0.3, 0.4) is 0 Å². The second kappa shape index (κ2) is 7.62. The Morgan fingerprint density at radius 2 is 1.88 bits per heavy atom. The Bertz CT molecular complexity index is 1400. The summed E-state index contributed by atoms with van der Waals surface area (Å²) < 4.78 is 29.2. The van der Waals surface area contributed by atoms with Gasteiger partial charge in [-0.1, -0.05) is 24.3 Å². The van der Waals surface area contributed by atoms with E-state index in [0.29, 0.717) is 11.3 Å². The van der Waals surface area contributed by atoms with Crippen LogP contribution in [0.15, 0.2) is 63.2 Å². The van der Waals surface area contributed by atoms with Gasteiger partial charge in [0.25, 0.3) is 15.9 Å². The molecular formula is C21H17N5O4S2. The maximum atomic E-state index is 13.5. The summed E-state index contributed by atoms with van der Waals surface area (Å²) in [4.78, 5) is 31.1. The van der Waals surface area contributed by atoms with Gasteiger partial charge in [0.05, 0.1) is 28.6 Å². The number of fused-ring (bicyclic) bond motifs is 2. The molecule has 0 radical (unpaired) electrons. The molecule has 0 saturated carbocycles. The number of thiazole rings is 1. The van der Waals surface area contributed by atoms with E-state index >= 15 is 0 Å². The number of ketones is 1. The first-order valence-electron chi connectivity index (χ1n) is 9.68. The number of anilines is 2. The van der Waals surface area contributed by atoms with Crippen molar-refractivity contribution < 1.29 is 18.0 Å². The number of nitrogens with zero attached hydrogens (tertiary/aromatic N) is 3. The predicted molar refractivity (Wildman–Crippen MR) is 120 cm³/mol. The number of hydrogen-bond acceptors (Lipinski definition) is 8. The van der Waals surface area contributed by atoms with Gasteiger partial charge in [-0.3, -0.25) is 9.59 Å². The number of hydrogen-bond donors (Lipinski definition) is 2. The molecule has 2 aliphatic rings. The zero-order valence-corrected chi connectivity index (χ0v) is 18.4. The van der Waals surface area contributed by atoms with Gasteiger partial charge in [-0.15, -0.1) is 15.7 Å². The molecule has 5 rings (SSSR count). The summed E-state index contributed by atoms with van der Waals surface area (Å²) in [5.41, 5.74) is 4.73. The van der Waals surface area contributed by atoms with Crippen LogP contribution in [-0.4, -0.2) is 30.9 Å². The van der Waals surface area contributed by atoms with Crippen LogP contribution >= 0.6 is 11.3 Å².